The second kappa shape index (κ2) is 2.69. The van der Waals surface area contributed by atoms with Gasteiger partial charge in [-0.2, -0.15) is 0 Å². The largest absolute Gasteiger partial charge is 0.478 e. The molecule has 0 bridgehead atoms. The summed E-state index contributed by atoms with van der Waals surface area (Å²) >= 11 is 0. The lowest BCUT2D eigenvalue weighted by Gasteiger charge is -1.98. The molecule has 1 heterocycles. The van der Waals surface area contributed by atoms with Crippen LogP contribution in [0.4, 0.5) is 0 Å². The maximum Gasteiger partial charge on any atom is 0.337 e. The van der Waals surface area contributed by atoms with Gasteiger partial charge in [-0.15, -0.1) is 0 Å². The van der Waals surface area contributed by atoms with Gasteiger partial charge in [-0.1, -0.05) is 11.6 Å². The topological polar surface area (TPSA) is 50.2 Å². The summed E-state index contributed by atoms with van der Waals surface area (Å²) in [7, 11) is 0. The van der Waals surface area contributed by atoms with Crippen molar-refractivity contribution in [1.29, 1.82) is 0 Å². The first-order chi connectivity index (χ1) is 6.16. The van der Waals surface area contributed by atoms with E-state index < -0.39 is 5.97 Å². The van der Waals surface area contributed by atoms with Crippen LogP contribution in [0.3, 0.4) is 0 Å². The number of aromatic nitrogens is 1. The zero-order chi connectivity index (χ0) is 9.42. The molecule has 0 saturated heterocycles. The van der Waals surface area contributed by atoms with Crippen molar-refractivity contribution >= 4 is 12.0 Å². The second-order valence-corrected chi connectivity index (χ2v) is 3.23. The maximum absolute atomic E-state index is 10.6. The van der Waals surface area contributed by atoms with Gasteiger partial charge in [0.05, 0.1) is 11.3 Å². The number of hydrogen-bond acceptors (Lipinski definition) is 2. The summed E-state index contributed by atoms with van der Waals surface area (Å²) in [6.07, 6.45) is 4.23. The number of carboxylic acids is 1. The number of nitrogens with zero attached hydrogens (tertiary/aromatic N) is 1. The van der Waals surface area contributed by atoms with Gasteiger partial charge in [-0.05, 0) is 18.6 Å². The third-order valence-electron chi connectivity index (χ3n) is 2.10. The molecule has 0 fully saturated rings. The van der Waals surface area contributed by atoms with Crippen molar-refractivity contribution in [3.05, 3.63) is 34.7 Å². The first-order valence-electron chi connectivity index (χ1n) is 4.06. The number of rotatable bonds is 1. The van der Waals surface area contributed by atoms with Crippen LogP contribution in [-0.2, 0) is 6.42 Å². The highest BCUT2D eigenvalue weighted by atomic mass is 16.4. The summed E-state index contributed by atoms with van der Waals surface area (Å²) in [5, 5.41) is 8.72. The number of carbonyl (C=O) groups is 1. The fourth-order valence-corrected chi connectivity index (χ4v) is 1.48. The fourth-order valence-electron chi connectivity index (χ4n) is 1.48. The number of pyridine rings is 1. The molecule has 3 nitrogen and oxygen atoms in total. The Labute approximate surface area is 75.7 Å². The quantitative estimate of drug-likeness (QED) is 0.707. The van der Waals surface area contributed by atoms with Crippen LogP contribution in [0, 0.1) is 0 Å². The molecule has 1 N–H and O–H groups in total. The number of aromatic carboxylic acids is 1. The molecule has 0 aromatic carbocycles. The van der Waals surface area contributed by atoms with Gasteiger partial charge in [-0.3, -0.25) is 4.98 Å². The molecule has 0 atom stereocenters. The lowest BCUT2D eigenvalue weighted by Crippen LogP contribution is -1.99. The van der Waals surface area contributed by atoms with Gasteiger partial charge in [0, 0.05) is 12.6 Å². The molecule has 0 spiro atoms. The Morgan fingerprint density at radius 2 is 2.38 bits per heavy atom. The molecule has 2 rings (SSSR count). The van der Waals surface area contributed by atoms with E-state index in [1.165, 1.54) is 11.8 Å². The van der Waals surface area contributed by atoms with Crippen molar-refractivity contribution in [3.8, 4) is 0 Å². The SMILES string of the molecule is CC1=Cc2cc(C(=O)O)cnc2C1. The van der Waals surface area contributed by atoms with Crippen LogP contribution in [0.25, 0.3) is 6.08 Å². The first kappa shape index (κ1) is 7.98. The van der Waals surface area contributed by atoms with Gasteiger partial charge in [0.15, 0.2) is 0 Å². The fraction of sp³-hybridized carbons (Fsp3) is 0.200. The third-order valence-corrected chi connectivity index (χ3v) is 2.10. The van der Waals surface area contributed by atoms with E-state index in [4.69, 9.17) is 5.11 Å². The highest BCUT2D eigenvalue weighted by Crippen LogP contribution is 2.23. The van der Waals surface area contributed by atoms with E-state index in [0.29, 0.717) is 0 Å². The molecule has 1 aromatic heterocycles. The summed E-state index contributed by atoms with van der Waals surface area (Å²) in [6, 6.07) is 1.67. The molecule has 0 aliphatic heterocycles. The summed E-state index contributed by atoms with van der Waals surface area (Å²) in [5.74, 6) is -0.923. The van der Waals surface area contributed by atoms with E-state index in [2.05, 4.69) is 4.98 Å². The number of allylic oxidation sites excluding steroid dienone is 1. The predicted molar refractivity (Wildman–Crippen MR) is 48.6 cm³/mol. The zero-order valence-electron chi connectivity index (χ0n) is 7.24. The van der Waals surface area contributed by atoms with E-state index in [0.717, 1.165) is 17.7 Å². The van der Waals surface area contributed by atoms with Crippen molar-refractivity contribution in [2.75, 3.05) is 0 Å². The van der Waals surface area contributed by atoms with E-state index in [1.807, 2.05) is 13.0 Å². The minimum absolute atomic E-state index is 0.254. The van der Waals surface area contributed by atoms with Gasteiger partial charge in [-0.25, -0.2) is 4.79 Å². The monoisotopic (exact) mass is 175 g/mol. The highest BCUT2D eigenvalue weighted by molar-refractivity contribution is 5.88. The lowest BCUT2D eigenvalue weighted by molar-refractivity contribution is 0.0696. The van der Waals surface area contributed by atoms with Crippen molar-refractivity contribution in [1.82, 2.24) is 4.98 Å². The average molecular weight is 175 g/mol. The van der Waals surface area contributed by atoms with E-state index in [-0.39, 0.29) is 5.56 Å². The Hall–Kier alpha value is -1.64. The minimum Gasteiger partial charge on any atom is -0.478 e. The smallest absolute Gasteiger partial charge is 0.337 e. The van der Waals surface area contributed by atoms with Crippen molar-refractivity contribution in [2.45, 2.75) is 13.3 Å². The standard InChI is InChI=1S/C10H9NO2/c1-6-2-7-4-8(10(12)13)5-11-9(7)3-6/h2,4-5H,3H2,1H3,(H,12,13). The van der Waals surface area contributed by atoms with Crippen molar-refractivity contribution in [2.24, 2.45) is 0 Å². The van der Waals surface area contributed by atoms with Crippen LogP contribution in [0.15, 0.2) is 17.8 Å². The van der Waals surface area contributed by atoms with Crippen LogP contribution >= 0.6 is 0 Å². The summed E-state index contributed by atoms with van der Waals surface area (Å²) in [6.45, 7) is 2.02. The second-order valence-electron chi connectivity index (χ2n) is 3.23. The molecule has 1 aliphatic carbocycles. The van der Waals surface area contributed by atoms with Crippen LogP contribution in [-0.4, -0.2) is 16.1 Å². The van der Waals surface area contributed by atoms with Gasteiger partial charge in [0.25, 0.3) is 0 Å². The Morgan fingerprint density at radius 3 is 3.08 bits per heavy atom. The van der Waals surface area contributed by atoms with Gasteiger partial charge in [0.1, 0.15) is 0 Å². The van der Waals surface area contributed by atoms with E-state index in [1.54, 1.807) is 6.07 Å². The van der Waals surface area contributed by atoms with E-state index in [9.17, 15) is 4.79 Å². The van der Waals surface area contributed by atoms with Crippen molar-refractivity contribution < 1.29 is 9.90 Å². The molecular formula is C10H9NO2. The molecule has 3 heteroatoms. The third kappa shape index (κ3) is 1.33. The Bertz CT molecular complexity index is 407. The molecule has 13 heavy (non-hydrogen) atoms. The van der Waals surface area contributed by atoms with Gasteiger partial charge < -0.3 is 5.11 Å². The number of fused-ring (bicyclic) bond motifs is 1. The Kier molecular flexibility index (Phi) is 1.65. The number of carboxylic acid groups (broad SMARTS) is 1. The molecule has 0 radical (unpaired) electrons. The van der Waals surface area contributed by atoms with E-state index >= 15 is 0 Å². The predicted octanol–water partition coefficient (Wildman–Crippen LogP) is 1.74. The van der Waals surface area contributed by atoms with Gasteiger partial charge in [0.2, 0.25) is 0 Å². The molecular weight excluding hydrogens is 166 g/mol. The van der Waals surface area contributed by atoms with Gasteiger partial charge >= 0.3 is 5.97 Å². The molecule has 0 unspecified atom stereocenters. The summed E-state index contributed by atoms with van der Waals surface area (Å²) in [4.78, 5) is 14.7. The van der Waals surface area contributed by atoms with Crippen LogP contribution in [0.5, 0.6) is 0 Å². The van der Waals surface area contributed by atoms with Crippen LogP contribution < -0.4 is 0 Å². The maximum atomic E-state index is 10.6. The highest BCUT2D eigenvalue weighted by Gasteiger charge is 2.13. The Balaban J connectivity index is 2.49. The first-order valence-corrected chi connectivity index (χ1v) is 4.06. The lowest BCUT2D eigenvalue weighted by atomic mass is 10.2. The average Bonchev–Trinajstić information content (AvgIpc) is 2.42. The molecule has 0 saturated carbocycles. The molecule has 66 valence electrons. The minimum atomic E-state index is -0.923. The number of hydrogen-bond donors (Lipinski definition) is 1. The molecule has 1 aromatic rings. The van der Waals surface area contributed by atoms with Crippen LogP contribution in [0.1, 0.15) is 28.5 Å². The van der Waals surface area contributed by atoms with Crippen LogP contribution in [0.2, 0.25) is 0 Å². The summed E-state index contributed by atoms with van der Waals surface area (Å²) < 4.78 is 0. The summed E-state index contributed by atoms with van der Waals surface area (Å²) in [5.41, 5.74) is 3.40. The molecule has 0 amide bonds. The van der Waals surface area contributed by atoms with Crippen molar-refractivity contribution in [3.63, 3.8) is 0 Å². The molecule has 1 aliphatic rings. The normalized spacial score (nSPS) is 13.8. The Morgan fingerprint density at radius 1 is 1.62 bits per heavy atom. The zero-order valence-corrected chi connectivity index (χ0v) is 7.24.